The van der Waals surface area contributed by atoms with Gasteiger partial charge in [-0.25, -0.2) is 0 Å². The fourth-order valence-corrected chi connectivity index (χ4v) is 2.74. The highest BCUT2D eigenvalue weighted by Crippen LogP contribution is 2.53. The second kappa shape index (κ2) is 3.79. The summed E-state index contributed by atoms with van der Waals surface area (Å²) < 4.78 is 22.0. The smallest absolute Gasteiger partial charge is 0.308 e. The average molecular weight is 203 g/mol. The van der Waals surface area contributed by atoms with E-state index in [0.29, 0.717) is 13.2 Å². The third kappa shape index (κ3) is 3.11. The van der Waals surface area contributed by atoms with Gasteiger partial charge < -0.3 is 9.05 Å². The van der Waals surface area contributed by atoms with Crippen molar-refractivity contribution in [3.05, 3.63) is 0 Å². The molecule has 0 aromatic carbocycles. The standard InChI is InChI=1S/C8H14NO3P/c1-8(2)6-11-13(10,12-7-8)5-3-4-9/h3,5-7H2,1-2H3. The fourth-order valence-electron chi connectivity index (χ4n) is 0.941. The summed E-state index contributed by atoms with van der Waals surface area (Å²) in [5, 5.41) is 8.33. The van der Waals surface area contributed by atoms with E-state index in [2.05, 4.69) is 0 Å². The van der Waals surface area contributed by atoms with Crippen molar-refractivity contribution in [3.63, 3.8) is 0 Å². The molecule has 0 saturated carbocycles. The van der Waals surface area contributed by atoms with E-state index in [1.54, 1.807) is 0 Å². The van der Waals surface area contributed by atoms with Crippen molar-refractivity contribution in [2.75, 3.05) is 19.4 Å². The summed E-state index contributed by atoms with van der Waals surface area (Å²) in [4.78, 5) is 0. The molecule has 1 heterocycles. The molecule has 1 aliphatic rings. The summed E-state index contributed by atoms with van der Waals surface area (Å²) >= 11 is 0. The van der Waals surface area contributed by atoms with E-state index in [1.165, 1.54) is 0 Å². The lowest BCUT2D eigenvalue weighted by molar-refractivity contribution is 0.0417. The quantitative estimate of drug-likeness (QED) is 0.645. The highest BCUT2D eigenvalue weighted by Gasteiger charge is 2.35. The monoisotopic (exact) mass is 203 g/mol. The largest absolute Gasteiger partial charge is 0.331 e. The van der Waals surface area contributed by atoms with Crippen LogP contribution >= 0.6 is 7.60 Å². The molecule has 0 atom stereocenters. The third-order valence-electron chi connectivity index (χ3n) is 1.80. The van der Waals surface area contributed by atoms with E-state index in [9.17, 15) is 4.57 Å². The van der Waals surface area contributed by atoms with Crippen LogP contribution in [0.1, 0.15) is 20.3 Å². The molecule has 74 valence electrons. The summed E-state index contributed by atoms with van der Waals surface area (Å²) in [6, 6.07) is 1.93. The molecule has 5 heteroatoms. The summed E-state index contributed by atoms with van der Waals surface area (Å²) in [5.41, 5.74) is -0.0689. The molecule has 1 rings (SSSR count). The normalized spacial score (nSPS) is 25.0. The summed E-state index contributed by atoms with van der Waals surface area (Å²) in [6.07, 6.45) is 0.428. The van der Waals surface area contributed by atoms with Crippen molar-refractivity contribution in [1.82, 2.24) is 0 Å². The molecule has 1 fully saturated rings. The van der Waals surface area contributed by atoms with E-state index < -0.39 is 7.60 Å². The number of hydrogen-bond acceptors (Lipinski definition) is 4. The van der Waals surface area contributed by atoms with Gasteiger partial charge in [0.2, 0.25) is 0 Å². The minimum absolute atomic E-state index is 0.0689. The van der Waals surface area contributed by atoms with Crippen LogP contribution in [0.5, 0.6) is 0 Å². The van der Waals surface area contributed by atoms with Gasteiger partial charge in [0.25, 0.3) is 0 Å². The summed E-state index contributed by atoms with van der Waals surface area (Å²) in [6.45, 7) is 4.85. The zero-order valence-electron chi connectivity index (χ0n) is 7.95. The van der Waals surface area contributed by atoms with Crippen LogP contribution in [-0.2, 0) is 13.6 Å². The maximum Gasteiger partial charge on any atom is 0.331 e. The predicted octanol–water partition coefficient (Wildman–Crippen LogP) is 2.17. The minimum atomic E-state index is -2.93. The van der Waals surface area contributed by atoms with E-state index in [4.69, 9.17) is 14.3 Å². The molecular formula is C8H14NO3P. The zero-order valence-corrected chi connectivity index (χ0v) is 8.84. The van der Waals surface area contributed by atoms with Crippen LogP contribution in [0.15, 0.2) is 0 Å². The number of hydrogen-bond donors (Lipinski definition) is 0. The Morgan fingerprint density at radius 3 is 2.46 bits per heavy atom. The molecule has 1 aliphatic heterocycles. The van der Waals surface area contributed by atoms with Crippen LogP contribution < -0.4 is 0 Å². The Labute approximate surface area is 78.4 Å². The first-order valence-electron chi connectivity index (χ1n) is 4.23. The van der Waals surface area contributed by atoms with Gasteiger partial charge in [-0.2, -0.15) is 5.26 Å². The van der Waals surface area contributed by atoms with Crippen LogP contribution in [0.25, 0.3) is 0 Å². The molecular weight excluding hydrogens is 189 g/mol. The average Bonchev–Trinajstić information content (AvgIpc) is 2.08. The summed E-state index contributed by atoms with van der Waals surface area (Å²) in [5.74, 6) is 0. The first kappa shape index (κ1) is 10.7. The Bertz CT molecular complexity index is 255. The number of nitriles is 1. The van der Waals surface area contributed by atoms with Gasteiger partial charge in [-0.1, -0.05) is 13.8 Å². The first-order valence-corrected chi connectivity index (χ1v) is 5.95. The van der Waals surface area contributed by atoms with E-state index in [0.717, 1.165) is 0 Å². The van der Waals surface area contributed by atoms with Crippen LogP contribution in [-0.4, -0.2) is 19.4 Å². The SMILES string of the molecule is CC1(C)COP(=O)(CCC#N)OC1. The lowest BCUT2D eigenvalue weighted by Crippen LogP contribution is -2.29. The van der Waals surface area contributed by atoms with Gasteiger partial charge in [0.15, 0.2) is 0 Å². The topological polar surface area (TPSA) is 59.3 Å². The van der Waals surface area contributed by atoms with Crippen molar-refractivity contribution in [3.8, 4) is 6.07 Å². The zero-order chi connectivity index (χ0) is 9.95. The van der Waals surface area contributed by atoms with E-state index in [-0.39, 0.29) is 18.0 Å². The van der Waals surface area contributed by atoms with Gasteiger partial charge in [-0.15, -0.1) is 0 Å². The first-order chi connectivity index (χ1) is 5.97. The third-order valence-corrected chi connectivity index (χ3v) is 3.62. The molecule has 1 saturated heterocycles. The molecule has 0 spiro atoms. The number of nitrogens with zero attached hydrogens (tertiary/aromatic N) is 1. The van der Waals surface area contributed by atoms with E-state index >= 15 is 0 Å². The molecule has 0 aromatic heterocycles. The molecule has 0 aromatic rings. The maximum atomic E-state index is 11.7. The van der Waals surface area contributed by atoms with Gasteiger partial charge in [-0.05, 0) is 0 Å². The molecule has 13 heavy (non-hydrogen) atoms. The van der Waals surface area contributed by atoms with Gasteiger partial charge >= 0.3 is 7.60 Å². The van der Waals surface area contributed by atoms with Crippen molar-refractivity contribution in [1.29, 1.82) is 5.26 Å². The molecule has 0 radical (unpaired) electrons. The van der Waals surface area contributed by atoms with Gasteiger partial charge in [0.1, 0.15) is 0 Å². The molecule has 0 amide bonds. The molecule has 4 nitrogen and oxygen atoms in total. The second-order valence-electron chi connectivity index (χ2n) is 3.95. The van der Waals surface area contributed by atoms with Crippen molar-refractivity contribution in [2.45, 2.75) is 20.3 Å². The Morgan fingerprint density at radius 2 is 2.00 bits per heavy atom. The van der Waals surface area contributed by atoms with E-state index in [1.807, 2.05) is 19.9 Å². The van der Waals surface area contributed by atoms with Crippen LogP contribution in [0.3, 0.4) is 0 Å². The van der Waals surface area contributed by atoms with Crippen LogP contribution in [0.4, 0.5) is 0 Å². The highest BCUT2D eigenvalue weighted by molar-refractivity contribution is 7.53. The van der Waals surface area contributed by atoms with Gasteiger partial charge in [0, 0.05) is 11.8 Å². The lowest BCUT2D eigenvalue weighted by Gasteiger charge is -2.33. The Balaban J connectivity index is 2.48. The van der Waals surface area contributed by atoms with Crippen molar-refractivity contribution in [2.24, 2.45) is 5.41 Å². The maximum absolute atomic E-state index is 11.7. The minimum Gasteiger partial charge on any atom is -0.308 e. The highest BCUT2D eigenvalue weighted by atomic mass is 31.2. The van der Waals surface area contributed by atoms with Gasteiger partial charge in [-0.3, -0.25) is 4.57 Å². The van der Waals surface area contributed by atoms with Crippen molar-refractivity contribution < 1.29 is 13.6 Å². The molecule has 0 aliphatic carbocycles. The van der Waals surface area contributed by atoms with Crippen molar-refractivity contribution >= 4 is 7.60 Å². The Kier molecular flexibility index (Phi) is 3.13. The van der Waals surface area contributed by atoms with Gasteiger partial charge in [0.05, 0.1) is 25.4 Å². The predicted molar refractivity (Wildman–Crippen MR) is 48.4 cm³/mol. The number of rotatable bonds is 2. The Morgan fingerprint density at radius 1 is 1.46 bits per heavy atom. The Hall–Kier alpha value is -0.360. The molecule has 0 bridgehead atoms. The summed E-state index contributed by atoms with van der Waals surface area (Å²) in [7, 11) is -2.93. The molecule has 0 unspecified atom stereocenters. The van der Waals surface area contributed by atoms with Crippen LogP contribution in [0.2, 0.25) is 0 Å². The lowest BCUT2D eigenvalue weighted by atomic mass is 9.97. The molecule has 0 N–H and O–H groups in total. The van der Waals surface area contributed by atoms with Crippen LogP contribution in [0, 0.1) is 16.7 Å². The second-order valence-corrected chi connectivity index (χ2v) is 6.14. The fraction of sp³-hybridized carbons (Fsp3) is 0.875.